The van der Waals surface area contributed by atoms with E-state index in [0.717, 1.165) is 17.5 Å². The Hall–Kier alpha value is -3.92. The predicted molar refractivity (Wildman–Crippen MR) is 157 cm³/mol. The van der Waals surface area contributed by atoms with Crippen LogP contribution in [0.3, 0.4) is 0 Å². The van der Waals surface area contributed by atoms with Crippen molar-refractivity contribution in [2.24, 2.45) is 5.73 Å². The number of carbonyl (C=O) groups excluding carboxylic acids is 4. The van der Waals surface area contributed by atoms with Gasteiger partial charge in [0.15, 0.2) is 5.78 Å². The van der Waals surface area contributed by atoms with Gasteiger partial charge in [-0.25, -0.2) is 9.59 Å². The molecule has 2 aromatic carbocycles. The van der Waals surface area contributed by atoms with Crippen LogP contribution in [0.25, 0.3) is 0 Å². The summed E-state index contributed by atoms with van der Waals surface area (Å²) in [6.45, 7) is 7.92. The molecule has 3 amide bonds. The molecule has 4 N–H and O–H groups in total. The van der Waals surface area contributed by atoms with Crippen molar-refractivity contribution in [3.63, 3.8) is 0 Å². The zero-order valence-electron chi connectivity index (χ0n) is 24.6. The number of alkyl carbamates (subject to hydrolysis) is 2. The minimum absolute atomic E-state index is 0.0405. The summed E-state index contributed by atoms with van der Waals surface area (Å²) in [4.78, 5) is 51.5. The molecule has 224 valence electrons. The standard InChI is InChI=1S/C31H44N4O6/c1-5-24(25-14-10-7-11-15-25)21-35(28(37)27(32)16-18-33-30(39)41-31(2,3)4)19-17-26(36)20-34-29(38)40-22-23-12-8-6-9-13-23/h6-15,24,27H,5,16-22,32H2,1-4H3,(H,33,39)(H,34,38). The van der Waals surface area contributed by atoms with Crippen molar-refractivity contribution in [2.45, 2.75) is 71.1 Å². The van der Waals surface area contributed by atoms with E-state index in [0.29, 0.717) is 6.54 Å². The molecular formula is C31H44N4O6. The van der Waals surface area contributed by atoms with Crippen molar-refractivity contribution in [2.75, 3.05) is 26.2 Å². The molecule has 0 aliphatic carbocycles. The Morgan fingerprint density at radius 1 is 0.927 bits per heavy atom. The number of nitrogens with zero attached hydrogens (tertiary/aromatic N) is 1. The highest BCUT2D eigenvalue weighted by Crippen LogP contribution is 2.21. The number of rotatable bonds is 15. The maximum atomic E-state index is 13.4. The molecule has 0 radical (unpaired) electrons. The summed E-state index contributed by atoms with van der Waals surface area (Å²) < 4.78 is 10.4. The van der Waals surface area contributed by atoms with Crippen LogP contribution >= 0.6 is 0 Å². The van der Waals surface area contributed by atoms with Gasteiger partial charge in [-0.05, 0) is 44.7 Å². The van der Waals surface area contributed by atoms with Gasteiger partial charge in [0.05, 0.1) is 12.6 Å². The number of benzene rings is 2. The Labute approximate surface area is 242 Å². The fourth-order valence-corrected chi connectivity index (χ4v) is 4.05. The molecule has 41 heavy (non-hydrogen) atoms. The topological polar surface area (TPSA) is 140 Å². The third-order valence-corrected chi connectivity index (χ3v) is 6.26. The van der Waals surface area contributed by atoms with E-state index in [4.69, 9.17) is 15.2 Å². The van der Waals surface area contributed by atoms with Crippen molar-refractivity contribution in [3.8, 4) is 0 Å². The molecule has 2 atom stereocenters. The molecule has 2 aromatic rings. The number of ether oxygens (including phenoxy) is 2. The van der Waals surface area contributed by atoms with Gasteiger partial charge in [-0.3, -0.25) is 9.59 Å². The van der Waals surface area contributed by atoms with E-state index in [-0.39, 0.29) is 56.7 Å². The van der Waals surface area contributed by atoms with Gasteiger partial charge in [0.25, 0.3) is 0 Å². The second-order valence-electron chi connectivity index (χ2n) is 10.8. The monoisotopic (exact) mass is 568 g/mol. The van der Waals surface area contributed by atoms with E-state index >= 15 is 0 Å². The number of Topliss-reactive ketones (excluding diaryl/α,β-unsaturated/α-hetero) is 1. The third-order valence-electron chi connectivity index (χ3n) is 6.26. The molecule has 0 fully saturated rings. The highest BCUT2D eigenvalue weighted by atomic mass is 16.6. The first-order valence-corrected chi connectivity index (χ1v) is 14.0. The average Bonchev–Trinajstić information content (AvgIpc) is 2.94. The summed E-state index contributed by atoms with van der Waals surface area (Å²) in [5.41, 5.74) is 7.52. The predicted octanol–water partition coefficient (Wildman–Crippen LogP) is 4.14. The first kappa shape index (κ1) is 33.3. The highest BCUT2D eigenvalue weighted by Gasteiger charge is 2.25. The number of nitrogens with one attached hydrogen (secondary N) is 2. The van der Waals surface area contributed by atoms with Crippen LogP contribution in [0.5, 0.6) is 0 Å². The number of hydrogen-bond donors (Lipinski definition) is 3. The van der Waals surface area contributed by atoms with Crippen LogP contribution in [0, 0.1) is 0 Å². The Bertz CT molecular complexity index is 1100. The minimum atomic E-state index is -0.876. The first-order valence-electron chi connectivity index (χ1n) is 14.0. The van der Waals surface area contributed by atoms with Crippen LogP contribution in [0.2, 0.25) is 0 Å². The van der Waals surface area contributed by atoms with Gasteiger partial charge in [0.2, 0.25) is 5.91 Å². The number of amides is 3. The van der Waals surface area contributed by atoms with Gasteiger partial charge in [-0.15, -0.1) is 0 Å². The highest BCUT2D eigenvalue weighted by molar-refractivity contribution is 5.85. The van der Waals surface area contributed by atoms with Gasteiger partial charge in [0.1, 0.15) is 12.2 Å². The number of hydrogen-bond acceptors (Lipinski definition) is 7. The quantitative estimate of drug-likeness (QED) is 0.293. The molecule has 0 aliphatic heterocycles. The second kappa shape index (κ2) is 17.0. The first-order chi connectivity index (χ1) is 19.5. The lowest BCUT2D eigenvalue weighted by Gasteiger charge is -2.30. The molecule has 0 heterocycles. The van der Waals surface area contributed by atoms with E-state index in [1.54, 1.807) is 25.7 Å². The molecule has 0 aliphatic rings. The number of nitrogens with two attached hydrogens (primary N) is 1. The molecule has 2 rings (SSSR count). The lowest BCUT2D eigenvalue weighted by atomic mass is 9.95. The van der Waals surface area contributed by atoms with Crippen LogP contribution in [0.4, 0.5) is 9.59 Å². The summed E-state index contributed by atoms with van der Waals surface area (Å²) in [7, 11) is 0. The van der Waals surface area contributed by atoms with Crippen molar-refractivity contribution < 1.29 is 28.7 Å². The molecule has 2 unspecified atom stereocenters. The summed E-state index contributed by atoms with van der Waals surface area (Å²) in [5.74, 6) is -0.505. The summed E-state index contributed by atoms with van der Waals surface area (Å²) >= 11 is 0. The van der Waals surface area contributed by atoms with E-state index in [9.17, 15) is 19.2 Å². The second-order valence-corrected chi connectivity index (χ2v) is 10.8. The molecule has 0 spiro atoms. The molecule has 0 saturated carbocycles. The van der Waals surface area contributed by atoms with Gasteiger partial charge in [-0.2, -0.15) is 0 Å². The van der Waals surface area contributed by atoms with Gasteiger partial charge in [-0.1, -0.05) is 67.6 Å². The van der Waals surface area contributed by atoms with Gasteiger partial charge >= 0.3 is 12.2 Å². The van der Waals surface area contributed by atoms with E-state index in [1.807, 2.05) is 67.6 Å². The summed E-state index contributed by atoms with van der Waals surface area (Å²) in [6, 6.07) is 18.2. The number of carbonyl (C=O) groups is 4. The SMILES string of the molecule is CCC(CN(CCC(=O)CNC(=O)OCc1ccccc1)C(=O)C(N)CCNC(=O)OC(C)(C)C)c1ccccc1. The summed E-state index contributed by atoms with van der Waals surface area (Å²) in [5, 5.41) is 5.09. The lowest BCUT2D eigenvalue weighted by Crippen LogP contribution is -2.47. The Morgan fingerprint density at radius 2 is 1.56 bits per heavy atom. The zero-order chi connectivity index (χ0) is 30.3. The molecule has 0 bridgehead atoms. The molecule has 10 heteroatoms. The van der Waals surface area contributed by atoms with E-state index < -0.39 is 23.8 Å². The van der Waals surface area contributed by atoms with Gasteiger partial charge in [0, 0.05) is 32.0 Å². The van der Waals surface area contributed by atoms with Crippen molar-refractivity contribution in [1.82, 2.24) is 15.5 Å². The van der Waals surface area contributed by atoms with Crippen LogP contribution in [-0.4, -0.2) is 66.6 Å². The maximum Gasteiger partial charge on any atom is 0.407 e. The summed E-state index contributed by atoms with van der Waals surface area (Å²) in [6.07, 6.45) is -0.237. The molecule has 10 nitrogen and oxygen atoms in total. The minimum Gasteiger partial charge on any atom is -0.445 e. The van der Waals surface area contributed by atoms with Crippen LogP contribution in [-0.2, 0) is 25.7 Å². The zero-order valence-corrected chi connectivity index (χ0v) is 24.6. The lowest BCUT2D eigenvalue weighted by molar-refractivity contribution is -0.133. The molecule has 0 aromatic heterocycles. The Kier molecular flexibility index (Phi) is 13.8. The third kappa shape index (κ3) is 13.3. The van der Waals surface area contributed by atoms with Gasteiger partial charge < -0.3 is 30.7 Å². The average molecular weight is 569 g/mol. The van der Waals surface area contributed by atoms with Crippen LogP contribution in [0.1, 0.15) is 64.0 Å². The molecule has 0 saturated heterocycles. The number of ketones is 1. The van der Waals surface area contributed by atoms with Crippen molar-refractivity contribution in [1.29, 1.82) is 0 Å². The Morgan fingerprint density at radius 3 is 2.17 bits per heavy atom. The van der Waals surface area contributed by atoms with Crippen molar-refractivity contribution >= 4 is 23.9 Å². The largest absolute Gasteiger partial charge is 0.445 e. The van der Waals surface area contributed by atoms with E-state index in [1.165, 1.54) is 0 Å². The maximum absolute atomic E-state index is 13.4. The van der Waals surface area contributed by atoms with Crippen LogP contribution in [0.15, 0.2) is 60.7 Å². The fourth-order valence-electron chi connectivity index (χ4n) is 4.05. The normalized spacial score (nSPS) is 12.5. The molecular weight excluding hydrogens is 524 g/mol. The smallest absolute Gasteiger partial charge is 0.407 e. The van der Waals surface area contributed by atoms with Crippen LogP contribution < -0.4 is 16.4 Å². The fraction of sp³-hybridized carbons (Fsp3) is 0.484. The Balaban J connectivity index is 1.93. The van der Waals surface area contributed by atoms with E-state index in [2.05, 4.69) is 10.6 Å². The van der Waals surface area contributed by atoms with Crippen molar-refractivity contribution in [3.05, 3.63) is 71.8 Å².